The number of hydrogen-bond acceptors (Lipinski definition) is 2. The molecular weight excluding hydrogens is 404 g/mol. The Morgan fingerprint density at radius 3 is 1.70 bits per heavy atom. The fraction of sp³-hybridized carbons (Fsp3) is 0.667. The van der Waals surface area contributed by atoms with Gasteiger partial charge in [0.2, 0.25) is 0 Å². The summed E-state index contributed by atoms with van der Waals surface area (Å²) in [6.45, 7) is 0. The van der Waals surface area contributed by atoms with Crippen LogP contribution in [0.3, 0.4) is 0 Å². The van der Waals surface area contributed by atoms with Gasteiger partial charge in [-0.1, -0.05) is 101 Å². The molecule has 0 aliphatic rings. The third kappa shape index (κ3) is 19.1. The van der Waals surface area contributed by atoms with Gasteiger partial charge in [-0.2, -0.15) is 5.26 Å². The number of rotatable bonds is 23. The number of allylic oxidation sites excluding steroid dienone is 4. The molecular formula is C30H48N2O. The van der Waals surface area contributed by atoms with Crippen molar-refractivity contribution < 1.29 is 4.79 Å². The van der Waals surface area contributed by atoms with Crippen molar-refractivity contribution in [2.24, 2.45) is 0 Å². The van der Waals surface area contributed by atoms with Gasteiger partial charge in [0.15, 0.2) is 6.29 Å². The van der Waals surface area contributed by atoms with E-state index in [9.17, 15) is 4.79 Å². The number of carbonyl (C=O) groups excluding carboxylic acids is 1. The molecule has 3 nitrogen and oxygen atoms in total. The zero-order valence-electron chi connectivity index (χ0n) is 21.0. The number of unbranched alkanes of at least 4 members (excludes halogenated alkanes) is 16. The summed E-state index contributed by atoms with van der Waals surface area (Å²) in [5.74, 6) is 0. The summed E-state index contributed by atoms with van der Waals surface area (Å²) in [6, 6.07) is 6.07. The van der Waals surface area contributed by atoms with Crippen LogP contribution in [-0.2, 0) is 6.42 Å². The average Bonchev–Trinajstić information content (AvgIpc) is 3.30. The van der Waals surface area contributed by atoms with E-state index in [-0.39, 0.29) is 0 Å². The van der Waals surface area contributed by atoms with Crippen LogP contribution in [0, 0.1) is 11.3 Å². The first-order valence-corrected chi connectivity index (χ1v) is 13.7. The molecule has 1 rings (SSSR count). The lowest BCUT2D eigenvalue weighted by Crippen LogP contribution is -1.86. The van der Waals surface area contributed by atoms with Crippen molar-refractivity contribution in [2.45, 2.75) is 128 Å². The molecule has 0 saturated heterocycles. The summed E-state index contributed by atoms with van der Waals surface area (Å²) in [4.78, 5) is 13.8. The van der Waals surface area contributed by atoms with E-state index in [1.54, 1.807) is 0 Å². The van der Waals surface area contributed by atoms with Gasteiger partial charge in [-0.3, -0.25) is 4.79 Å². The number of nitrogens with zero attached hydrogens (tertiary/aromatic N) is 1. The third-order valence-electron chi connectivity index (χ3n) is 6.23. The van der Waals surface area contributed by atoms with Gasteiger partial charge in [-0.25, -0.2) is 0 Å². The quantitative estimate of drug-likeness (QED) is 0.102. The number of aldehydes is 1. The molecule has 0 radical (unpaired) electrons. The van der Waals surface area contributed by atoms with Gasteiger partial charge >= 0.3 is 0 Å². The minimum Gasteiger partial charge on any atom is -0.356 e. The standard InChI is InChI=1S/C30H48N2O/c31-27-23-21-19-17-15-13-11-9-7-5-3-1-2-4-6-8-10-12-14-16-18-20-22-24-29-25-26-30(28-33)32-29/h10,12,16,18,25-26,28,32H,1-9,11,13-15,17,19-24H2. The molecule has 0 atom stereocenters. The lowest BCUT2D eigenvalue weighted by Gasteiger charge is -2.03. The fourth-order valence-electron chi connectivity index (χ4n) is 4.18. The molecule has 1 N–H and O–H groups in total. The highest BCUT2D eigenvalue weighted by atomic mass is 16.1. The minimum atomic E-state index is 0.670. The van der Waals surface area contributed by atoms with Crippen LogP contribution in [-0.4, -0.2) is 11.3 Å². The fourth-order valence-corrected chi connectivity index (χ4v) is 4.18. The number of hydrogen-bond donors (Lipinski definition) is 1. The SMILES string of the molecule is N#CCCCCCCCCCCCCCCCCC=CCC=CCCCc1ccc(C=O)[nH]1. The first-order chi connectivity index (χ1) is 16.4. The number of nitriles is 1. The lowest BCUT2D eigenvalue weighted by molar-refractivity contribution is 0.111. The van der Waals surface area contributed by atoms with Gasteiger partial charge in [0.25, 0.3) is 0 Å². The van der Waals surface area contributed by atoms with Gasteiger partial charge in [0.05, 0.1) is 11.8 Å². The molecule has 1 aromatic heterocycles. The summed E-state index contributed by atoms with van der Waals surface area (Å²) >= 11 is 0. The van der Waals surface area contributed by atoms with Crippen LogP contribution in [0.1, 0.15) is 138 Å². The van der Waals surface area contributed by atoms with Crippen LogP contribution < -0.4 is 0 Å². The zero-order chi connectivity index (χ0) is 23.7. The van der Waals surface area contributed by atoms with E-state index < -0.39 is 0 Å². The Kier molecular flexibility index (Phi) is 20.3. The van der Waals surface area contributed by atoms with Crippen LogP contribution in [0.15, 0.2) is 36.4 Å². The Balaban J connectivity index is 1.75. The van der Waals surface area contributed by atoms with Crippen LogP contribution in [0.25, 0.3) is 0 Å². The van der Waals surface area contributed by atoms with Gasteiger partial charge in [-0.05, 0) is 57.1 Å². The molecule has 1 aromatic rings. The van der Waals surface area contributed by atoms with E-state index in [4.69, 9.17) is 5.26 Å². The molecule has 0 saturated carbocycles. The van der Waals surface area contributed by atoms with Crippen molar-refractivity contribution in [2.75, 3.05) is 0 Å². The molecule has 0 fully saturated rings. The maximum Gasteiger partial charge on any atom is 0.166 e. The van der Waals surface area contributed by atoms with Gasteiger partial charge in [0.1, 0.15) is 0 Å². The second-order valence-electron chi connectivity index (χ2n) is 9.27. The molecule has 1 heterocycles. The van der Waals surface area contributed by atoms with Crippen molar-refractivity contribution in [3.63, 3.8) is 0 Å². The lowest BCUT2D eigenvalue weighted by atomic mass is 10.0. The second kappa shape index (κ2) is 23.1. The van der Waals surface area contributed by atoms with Crippen LogP contribution in [0.5, 0.6) is 0 Å². The van der Waals surface area contributed by atoms with Crippen LogP contribution in [0.4, 0.5) is 0 Å². The first-order valence-electron chi connectivity index (χ1n) is 13.7. The number of carbonyl (C=O) groups is 1. The monoisotopic (exact) mass is 452 g/mol. The van der Waals surface area contributed by atoms with E-state index in [1.807, 2.05) is 12.1 Å². The van der Waals surface area contributed by atoms with Crippen molar-refractivity contribution in [1.29, 1.82) is 5.26 Å². The predicted octanol–water partition coefficient (Wildman–Crippen LogP) is 9.42. The normalized spacial score (nSPS) is 11.5. The Morgan fingerprint density at radius 1 is 0.667 bits per heavy atom. The molecule has 0 aliphatic heterocycles. The third-order valence-corrected chi connectivity index (χ3v) is 6.23. The average molecular weight is 453 g/mol. The minimum absolute atomic E-state index is 0.670. The number of nitrogens with one attached hydrogen (secondary N) is 1. The number of aromatic amines is 1. The largest absolute Gasteiger partial charge is 0.356 e. The molecule has 33 heavy (non-hydrogen) atoms. The summed E-state index contributed by atoms with van der Waals surface area (Å²) in [6.07, 6.45) is 35.2. The number of aryl methyl sites for hydroxylation is 1. The molecule has 0 bridgehead atoms. The van der Waals surface area contributed by atoms with E-state index >= 15 is 0 Å². The van der Waals surface area contributed by atoms with Gasteiger partial charge in [0, 0.05) is 12.1 Å². The topological polar surface area (TPSA) is 56.6 Å². The van der Waals surface area contributed by atoms with Crippen molar-refractivity contribution >= 4 is 6.29 Å². The maximum atomic E-state index is 10.6. The van der Waals surface area contributed by atoms with E-state index in [0.29, 0.717) is 5.69 Å². The molecule has 0 spiro atoms. The molecule has 0 unspecified atom stereocenters. The smallest absolute Gasteiger partial charge is 0.166 e. The Morgan fingerprint density at radius 2 is 1.18 bits per heavy atom. The highest BCUT2D eigenvalue weighted by Gasteiger charge is 1.96. The molecule has 0 amide bonds. The Labute approximate surface area is 203 Å². The summed E-state index contributed by atoms with van der Waals surface area (Å²) in [5.41, 5.74) is 1.82. The van der Waals surface area contributed by atoms with Gasteiger partial charge < -0.3 is 4.98 Å². The van der Waals surface area contributed by atoms with E-state index in [2.05, 4.69) is 35.4 Å². The second-order valence-corrected chi connectivity index (χ2v) is 9.27. The van der Waals surface area contributed by atoms with Gasteiger partial charge in [-0.15, -0.1) is 0 Å². The van der Waals surface area contributed by atoms with E-state index in [1.165, 1.54) is 89.9 Å². The van der Waals surface area contributed by atoms with Crippen molar-refractivity contribution in [3.05, 3.63) is 47.8 Å². The van der Waals surface area contributed by atoms with Crippen molar-refractivity contribution in [3.8, 4) is 6.07 Å². The number of aromatic nitrogens is 1. The van der Waals surface area contributed by atoms with Crippen LogP contribution in [0.2, 0.25) is 0 Å². The molecule has 0 aliphatic carbocycles. The Hall–Kier alpha value is -2.08. The van der Waals surface area contributed by atoms with Crippen LogP contribution >= 0.6 is 0 Å². The Bertz CT molecular complexity index is 665. The summed E-state index contributed by atoms with van der Waals surface area (Å²) in [7, 11) is 0. The zero-order valence-corrected chi connectivity index (χ0v) is 21.0. The molecule has 3 heteroatoms. The maximum absolute atomic E-state index is 10.6. The van der Waals surface area contributed by atoms with Crippen molar-refractivity contribution in [1.82, 2.24) is 4.98 Å². The first kappa shape index (κ1) is 29.0. The summed E-state index contributed by atoms with van der Waals surface area (Å²) < 4.78 is 0. The predicted molar refractivity (Wildman–Crippen MR) is 142 cm³/mol. The number of H-pyrrole nitrogens is 1. The highest BCUT2D eigenvalue weighted by molar-refractivity contribution is 5.71. The highest BCUT2D eigenvalue weighted by Crippen LogP contribution is 2.14. The van der Waals surface area contributed by atoms with E-state index in [0.717, 1.165) is 50.5 Å². The molecule has 184 valence electrons. The summed E-state index contributed by atoms with van der Waals surface area (Å²) in [5, 5.41) is 8.51. The molecule has 0 aromatic carbocycles.